The van der Waals surface area contributed by atoms with E-state index in [1.807, 2.05) is 12.3 Å². The number of rotatable bonds is 3. The van der Waals surface area contributed by atoms with Crippen molar-refractivity contribution < 1.29 is 5.11 Å². The minimum absolute atomic E-state index is 0.285. The van der Waals surface area contributed by atoms with Gasteiger partial charge in [-0.2, -0.15) is 0 Å². The molecule has 1 aliphatic rings. The normalized spacial score (nSPS) is 20.4. The zero-order chi connectivity index (χ0) is 11.5. The van der Waals surface area contributed by atoms with Crippen molar-refractivity contribution in [3.8, 4) is 0 Å². The summed E-state index contributed by atoms with van der Waals surface area (Å²) in [6.07, 6.45) is 3.86. The summed E-state index contributed by atoms with van der Waals surface area (Å²) in [6, 6.07) is 2.02. The second-order valence-electron chi connectivity index (χ2n) is 4.07. The Morgan fingerprint density at radius 1 is 1.50 bits per heavy atom. The van der Waals surface area contributed by atoms with E-state index < -0.39 is 0 Å². The summed E-state index contributed by atoms with van der Waals surface area (Å²) in [5.74, 6) is 1.60. The molecule has 1 saturated heterocycles. The Bertz CT molecular complexity index is 373. The van der Waals surface area contributed by atoms with Gasteiger partial charge in [0, 0.05) is 30.4 Å². The van der Waals surface area contributed by atoms with Gasteiger partial charge in [0.1, 0.15) is 5.82 Å². The van der Waals surface area contributed by atoms with Gasteiger partial charge >= 0.3 is 0 Å². The molecule has 1 aromatic rings. The molecule has 1 atom stereocenters. The molecule has 0 aliphatic carbocycles. The summed E-state index contributed by atoms with van der Waals surface area (Å²) in [4.78, 5) is 6.70. The van der Waals surface area contributed by atoms with Gasteiger partial charge in [0.2, 0.25) is 0 Å². The maximum absolute atomic E-state index is 8.92. The first kappa shape index (κ1) is 12.3. The van der Waals surface area contributed by atoms with Crippen LogP contribution >= 0.6 is 31.9 Å². The minimum atomic E-state index is 0.285. The monoisotopic (exact) mass is 348 g/mol. The lowest BCUT2D eigenvalue weighted by Crippen LogP contribution is -2.21. The van der Waals surface area contributed by atoms with Gasteiger partial charge in [-0.25, -0.2) is 4.98 Å². The van der Waals surface area contributed by atoms with Crippen LogP contribution in [0.1, 0.15) is 12.8 Å². The van der Waals surface area contributed by atoms with Gasteiger partial charge in [0.05, 0.1) is 4.47 Å². The molecule has 3 nitrogen and oxygen atoms in total. The summed E-state index contributed by atoms with van der Waals surface area (Å²) in [5.41, 5.74) is 0. The average Bonchev–Trinajstić information content (AvgIpc) is 2.67. The Balaban J connectivity index is 2.08. The lowest BCUT2D eigenvalue weighted by molar-refractivity contribution is 0.263. The number of pyridine rings is 1. The molecule has 0 aromatic carbocycles. The Labute approximate surface area is 112 Å². The number of anilines is 1. The third kappa shape index (κ3) is 2.76. The van der Waals surface area contributed by atoms with E-state index in [4.69, 9.17) is 5.11 Å². The van der Waals surface area contributed by atoms with Gasteiger partial charge in [0.25, 0.3) is 0 Å². The fraction of sp³-hybridized carbons (Fsp3) is 0.545. The summed E-state index contributed by atoms with van der Waals surface area (Å²) >= 11 is 6.93. The molecule has 2 rings (SSSR count). The zero-order valence-electron chi connectivity index (χ0n) is 8.87. The first-order chi connectivity index (χ1) is 7.70. The second kappa shape index (κ2) is 5.47. The zero-order valence-corrected chi connectivity index (χ0v) is 12.0. The molecule has 1 N–H and O–H groups in total. The number of hydrogen-bond donors (Lipinski definition) is 1. The van der Waals surface area contributed by atoms with E-state index in [1.54, 1.807) is 0 Å². The number of hydrogen-bond acceptors (Lipinski definition) is 3. The van der Waals surface area contributed by atoms with Crippen LogP contribution in [0.15, 0.2) is 21.2 Å². The number of aliphatic hydroxyl groups excluding tert-OH is 1. The molecule has 1 aromatic heterocycles. The van der Waals surface area contributed by atoms with Crippen molar-refractivity contribution >= 4 is 37.7 Å². The molecule has 1 fully saturated rings. The van der Waals surface area contributed by atoms with Crippen LogP contribution in [0.5, 0.6) is 0 Å². The van der Waals surface area contributed by atoms with Crippen molar-refractivity contribution in [2.24, 2.45) is 5.92 Å². The molecule has 88 valence electrons. The fourth-order valence-electron chi connectivity index (χ4n) is 2.08. The van der Waals surface area contributed by atoms with E-state index in [0.29, 0.717) is 5.92 Å². The fourth-order valence-corrected chi connectivity index (χ4v) is 3.32. The van der Waals surface area contributed by atoms with E-state index in [9.17, 15) is 0 Å². The van der Waals surface area contributed by atoms with Crippen molar-refractivity contribution in [3.63, 3.8) is 0 Å². The first-order valence-corrected chi connectivity index (χ1v) is 6.96. The van der Waals surface area contributed by atoms with Crippen molar-refractivity contribution in [3.05, 3.63) is 21.2 Å². The van der Waals surface area contributed by atoms with Gasteiger partial charge in [-0.1, -0.05) is 0 Å². The Morgan fingerprint density at radius 3 is 3.00 bits per heavy atom. The smallest absolute Gasteiger partial charge is 0.142 e. The molecule has 5 heteroatoms. The summed E-state index contributed by atoms with van der Waals surface area (Å²) in [6.45, 7) is 2.30. The highest BCUT2D eigenvalue weighted by atomic mass is 79.9. The summed E-state index contributed by atoms with van der Waals surface area (Å²) in [5, 5.41) is 8.92. The van der Waals surface area contributed by atoms with Crippen LogP contribution in [0.4, 0.5) is 5.82 Å². The number of nitrogens with zero attached hydrogens (tertiary/aromatic N) is 2. The van der Waals surface area contributed by atoms with Crippen LogP contribution in [0.2, 0.25) is 0 Å². The third-order valence-corrected chi connectivity index (χ3v) is 3.93. The van der Waals surface area contributed by atoms with Crippen LogP contribution < -0.4 is 4.90 Å². The SMILES string of the molecule is OCCC1CCN(c2ncc(Br)cc2Br)C1. The standard InChI is InChI=1S/C11H14Br2N2O/c12-9-5-10(13)11(14-6-9)15-3-1-8(7-15)2-4-16/h5-6,8,16H,1-4,7H2. The number of aliphatic hydroxyl groups is 1. The molecule has 0 amide bonds. The van der Waals surface area contributed by atoms with E-state index in [2.05, 4.69) is 41.7 Å². The van der Waals surface area contributed by atoms with Crippen molar-refractivity contribution in [2.75, 3.05) is 24.6 Å². The van der Waals surface area contributed by atoms with Gasteiger partial charge in [-0.15, -0.1) is 0 Å². The number of halogens is 2. The highest BCUT2D eigenvalue weighted by molar-refractivity contribution is 9.11. The molecule has 2 heterocycles. The molecule has 0 saturated carbocycles. The Morgan fingerprint density at radius 2 is 2.31 bits per heavy atom. The average molecular weight is 350 g/mol. The van der Waals surface area contributed by atoms with E-state index in [0.717, 1.165) is 40.7 Å². The molecular formula is C11H14Br2N2O. The molecular weight excluding hydrogens is 336 g/mol. The summed E-state index contributed by atoms with van der Waals surface area (Å²) < 4.78 is 2.00. The molecule has 0 radical (unpaired) electrons. The van der Waals surface area contributed by atoms with Crippen LogP contribution in [-0.2, 0) is 0 Å². The predicted molar refractivity (Wildman–Crippen MR) is 71.7 cm³/mol. The maximum atomic E-state index is 8.92. The van der Waals surface area contributed by atoms with Gasteiger partial charge in [0.15, 0.2) is 0 Å². The quantitative estimate of drug-likeness (QED) is 0.911. The van der Waals surface area contributed by atoms with Crippen LogP contribution in [0, 0.1) is 5.92 Å². The van der Waals surface area contributed by atoms with Crippen LogP contribution in [0.25, 0.3) is 0 Å². The number of aromatic nitrogens is 1. The largest absolute Gasteiger partial charge is 0.396 e. The minimum Gasteiger partial charge on any atom is -0.396 e. The van der Waals surface area contributed by atoms with Crippen molar-refractivity contribution in [2.45, 2.75) is 12.8 Å². The van der Waals surface area contributed by atoms with Gasteiger partial charge < -0.3 is 10.0 Å². The Hall–Kier alpha value is -0.130. The van der Waals surface area contributed by atoms with Crippen molar-refractivity contribution in [1.29, 1.82) is 0 Å². The molecule has 16 heavy (non-hydrogen) atoms. The maximum Gasteiger partial charge on any atom is 0.142 e. The summed E-state index contributed by atoms with van der Waals surface area (Å²) in [7, 11) is 0. The lowest BCUT2D eigenvalue weighted by Gasteiger charge is -2.18. The van der Waals surface area contributed by atoms with Crippen LogP contribution in [0.3, 0.4) is 0 Å². The molecule has 0 bridgehead atoms. The third-order valence-electron chi connectivity index (χ3n) is 2.91. The van der Waals surface area contributed by atoms with E-state index in [-0.39, 0.29) is 6.61 Å². The predicted octanol–water partition coefficient (Wildman–Crippen LogP) is 2.82. The second-order valence-corrected chi connectivity index (χ2v) is 5.84. The van der Waals surface area contributed by atoms with E-state index >= 15 is 0 Å². The lowest BCUT2D eigenvalue weighted by atomic mass is 10.1. The highest BCUT2D eigenvalue weighted by Crippen LogP contribution is 2.31. The highest BCUT2D eigenvalue weighted by Gasteiger charge is 2.24. The Kier molecular flexibility index (Phi) is 4.21. The van der Waals surface area contributed by atoms with Gasteiger partial charge in [-0.05, 0) is 56.7 Å². The molecule has 1 unspecified atom stereocenters. The van der Waals surface area contributed by atoms with Crippen molar-refractivity contribution in [1.82, 2.24) is 4.98 Å². The molecule has 1 aliphatic heterocycles. The first-order valence-electron chi connectivity index (χ1n) is 5.37. The van der Waals surface area contributed by atoms with E-state index in [1.165, 1.54) is 0 Å². The molecule has 0 spiro atoms. The van der Waals surface area contributed by atoms with Gasteiger partial charge in [-0.3, -0.25) is 0 Å². The van der Waals surface area contributed by atoms with Crippen LogP contribution in [-0.4, -0.2) is 29.8 Å². The topological polar surface area (TPSA) is 36.4 Å².